The van der Waals surface area contributed by atoms with Crippen molar-refractivity contribution in [1.82, 2.24) is 14.7 Å². The van der Waals surface area contributed by atoms with Gasteiger partial charge in [-0.3, -0.25) is 0 Å². The molecule has 0 bridgehead atoms. The van der Waals surface area contributed by atoms with Gasteiger partial charge in [-0.1, -0.05) is 23.2 Å². The van der Waals surface area contributed by atoms with Gasteiger partial charge in [-0.2, -0.15) is 0 Å². The fourth-order valence-electron chi connectivity index (χ4n) is 1.32. The second kappa shape index (κ2) is 5.27. The molecule has 2 N–H and O–H groups in total. The smallest absolute Gasteiger partial charge is 0.242 e. The average molecular weight is 306 g/mol. The van der Waals surface area contributed by atoms with Crippen molar-refractivity contribution >= 4 is 33.2 Å². The highest BCUT2D eigenvalue weighted by atomic mass is 35.5. The van der Waals surface area contributed by atoms with Crippen LogP contribution in [0.3, 0.4) is 0 Å². The van der Waals surface area contributed by atoms with Crippen LogP contribution in [0.1, 0.15) is 5.82 Å². The molecule has 0 aliphatic heterocycles. The van der Waals surface area contributed by atoms with Crippen molar-refractivity contribution in [2.24, 2.45) is 0 Å². The Labute approximate surface area is 114 Å². The van der Waals surface area contributed by atoms with Gasteiger partial charge in [-0.05, 0) is 18.2 Å². The minimum atomic E-state index is -3.72. The van der Waals surface area contributed by atoms with E-state index in [0.717, 1.165) is 0 Å². The van der Waals surface area contributed by atoms with Crippen LogP contribution in [0.4, 0.5) is 0 Å². The summed E-state index contributed by atoms with van der Waals surface area (Å²) < 4.78 is 26.4. The third kappa shape index (κ3) is 3.02. The van der Waals surface area contributed by atoms with Crippen LogP contribution in [0.2, 0.25) is 10.0 Å². The van der Waals surface area contributed by atoms with Crippen LogP contribution in [-0.2, 0) is 16.6 Å². The Bertz CT molecular complexity index is 641. The second-order valence-electron chi connectivity index (χ2n) is 3.44. The fraction of sp³-hybridized carbons (Fsp3) is 0.100. The minimum Gasteiger partial charge on any atom is -0.347 e. The van der Waals surface area contributed by atoms with E-state index in [9.17, 15) is 8.42 Å². The Morgan fingerprint density at radius 1 is 1.33 bits per heavy atom. The van der Waals surface area contributed by atoms with E-state index >= 15 is 0 Å². The topological polar surface area (TPSA) is 74.8 Å². The first-order valence-corrected chi connectivity index (χ1v) is 7.16. The lowest BCUT2D eigenvalue weighted by molar-refractivity contribution is 0.579. The molecule has 1 aromatic carbocycles. The first-order chi connectivity index (χ1) is 8.49. The summed E-state index contributed by atoms with van der Waals surface area (Å²) >= 11 is 11.6. The van der Waals surface area contributed by atoms with Gasteiger partial charge in [0.1, 0.15) is 10.7 Å². The van der Waals surface area contributed by atoms with Crippen LogP contribution in [-0.4, -0.2) is 18.4 Å². The van der Waals surface area contributed by atoms with Gasteiger partial charge in [-0.15, -0.1) is 0 Å². The molecular weight excluding hydrogens is 297 g/mol. The van der Waals surface area contributed by atoms with E-state index in [1.807, 2.05) is 0 Å². The van der Waals surface area contributed by atoms with Gasteiger partial charge < -0.3 is 4.98 Å². The molecular formula is C10H9Cl2N3O2S. The molecule has 0 unspecified atom stereocenters. The summed E-state index contributed by atoms with van der Waals surface area (Å²) in [4.78, 5) is 6.65. The molecule has 1 heterocycles. The van der Waals surface area contributed by atoms with E-state index in [1.165, 1.54) is 24.4 Å². The molecule has 1 aromatic heterocycles. The van der Waals surface area contributed by atoms with Gasteiger partial charge in [0, 0.05) is 17.4 Å². The number of sulfonamides is 1. The Morgan fingerprint density at radius 2 is 2.11 bits per heavy atom. The predicted molar refractivity (Wildman–Crippen MR) is 69.1 cm³/mol. The summed E-state index contributed by atoms with van der Waals surface area (Å²) in [6.07, 6.45) is 3.14. The highest BCUT2D eigenvalue weighted by Crippen LogP contribution is 2.24. The number of benzene rings is 1. The molecule has 0 aliphatic rings. The summed E-state index contributed by atoms with van der Waals surface area (Å²) in [5.41, 5.74) is 0. The van der Waals surface area contributed by atoms with Crippen LogP contribution in [0.25, 0.3) is 0 Å². The molecule has 0 fully saturated rings. The molecule has 2 aromatic rings. The van der Waals surface area contributed by atoms with Crippen molar-refractivity contribution in [3.8, 4) is 0 Å². The van der Waals surface area contributed by atoms with Crippen LogP contribution < -0.4 is 4.72 Å². The third-order valence-corrected chi connectivity index (χ3v) is 4.29. The summed E-state index contributed by atoms with van der Waals surface area (Å²) in [5.74, 6) is 0.511. The summed E-state index contributed by atoms with van der Waals surface area (Å²) in [7, 11) is -3.72. The summed E-state index contributed by atoms with van der Waals surface area (Å²) in [6, 6.07) is 4.26. The number of aromatic amines is 1. The lowest BCUT2D eigenvalue weighted by Gasteiger charge is -2.07. The Balaban J connectivity index is 2.22. The molecule has 0 aliphatic carbocycles. The molecule has 5 nitrogen and oxygen atoms in total. The highest BCUT2D eigenvalue weighted by Gasteiger charge is 2.18. The van der Waals surface area contributed by atoms with E-state index in [1.54, 1.807) is 6.20 Å². The molecule has 0 spiro atoms. The average Bonchev–Trinajstić information content (AvgIpc) is 2.83. The quantitative estimate of drug-likeness (QED) is 0.909. The standard InChI is InChI=1S/C10H9Cl2N3O2S/c11-7-1-2-8(12)9(5-7)18(16,17)15-6-10-13-3-4-14-10/h1-5,15H,6H2,(H,13,14). The monoisotopic (exact) mass is 305 g/mol. The van der Waals surface area contributed by atoms with E-state index in [2.05, 4.69) is 14.7 Å². The Morgan fingerprint density at radius 3 is 2.78 bits per heavy atom. The van der Waals surface area contributed by atoms with Gasteiger partial charge in [0.05, 0.1) is 11.6 Å². The second-order valence-corrected chi connectivity index (χ2v) is 6.01. The van der Waals surface area contributed by atoms with E-state index in [4.69, 9.17) is 23.2 Å². The number of nitrogens with one attached hydrogen (secondary N) is 2. The molecule has 0 atom stereocenters. The van der Waals surface area contributed by atoms with Gasteiger partial charge in [0.2, 0.25) is 10.0 Å². The summed E-state index contributed by atoms with van der Waals surface area (Å²) in [5, 5.41) is 0.420. The molecule has 8 heteroatoms. The van der Waals surface area contributed by atoms with E-state index in [0.29, 0.717) is 10.8 Å². The van der Waals surface area contributed by atoms with Gasteiger partial charge in [0.25, 0.3) is 0 Å². The zero-order valence-corrected chi connectivity index (χ0v) is 11.4. The van der Waals surface area contributed by atoms with Gasteiger partial charge in [0.15, 0.2) is 0 Å². The SMILES string of the molecule is O=S(=O)(NCc1ncc[nH]1)c1cc(Cl)ccc1Cl. The number of aromatic nitrogens is 2. The predicted octanol–water partition coefficient (Wildman–Crippen LogP) is 2.19. The maximum absolute atomic E-state index is 12.0. The fourth-order valence-corrected chi connectivity index (χ4v) is 3.07. The van der Waals surface area contributed by atoms with Gasteiger partial charge >= 0.3 is 0 Å². The zero-order valence-electron chi connectivity index (χ0n) is 9.02. The van der Waals surface area contributed by atoms with Crippen molar-refractivity contribution in [3.63, 3.8) is 0 Å². The van der Waals surface area contributed by atoms with E-state index in [-0.39, 0.29) is 16.5 Å². The first-order valence-electron chi connectivity index (χ1n) is 4.92. The molecule has 0 saturated carbocycles. The van der Waals surface area contributed by atoms with Crippen LogP contribution in [0.15, 0.2) is 35.5 Å². The minimum absolute atomic E-state index is 0.0526. The lowest BCUT2D eigenvalue weighted by Crippen LogP contribution is -2.24. The number of hydrogen-bond donors (Lipinski definition) is 2. The van der Waals surface area contributed by atoms with Crippen LogP contribution in [0.5, 0.6) is 0 Å². The molecule has 0 saturated heterocycles. The van der Waals surface area contributed by atoms with Crippen molar-refractivity contribution in [3.05, 3.63) is 46.5 Å². The Hall–Kier alpha value is -1.08. The molecule has 0 radical (unpaired) electrons. The van der Waals surface area contributed by atoms with Gasteiger partial charge in [-0.25, -0.2) is 18.1 Å². The zero-order chi connectivity index (χ0) is 13.2. The maximum atomic E-state index is 12.0. The number of H-pyrrole nitrogens is 1. The first kappa shape index (κ1) is 13.4. The van der Waals surface area contributed by atoms with Crippen LogP contribution >= 0.6 is 23.2 Å². The largest absolute Gasteiger partial charge is 0.347 e. The summed E-state index contributed by atoms with van der Waals surface area (Å²) in [6.45, 7) is 0.0537. The Kier molecular flexibility index (Phi) is 3.91. The van der Waals surface area contributed by atoms with Crippen molar-refractivity contribution < 1.29 is 8.42 Å². The third-order valence-electron chi connectivity index (χ3n) is 2.17. The van der Waals surface area contributed by atoms with Crippen molar-refractivity contribution in [2.75, 3.05) is 0 Å². The number of imidazole rings is 1. The maximum Gasteiger partial charge on any atom is 0.242 e. The van der Waals surface area contributed by atoms with E-state index < -0.39 is 10.0 Å². The van der Waals surface area contributed by atoms with Crippen molar-refractivity contribution in [1.29, 1.82) is 0 Å². The molecule has 0 amide bonds. The molecule has 2 rings (SSSR count). The highest BCUT2D eigenvalue weighted by molar-refractivity contribution is 7.89. The molecule has 96 valence electrons. The number of nitrogens with zero attached hydrogens (tertiary/aromatic N) is 1. The van der Waals surface area contributed by atoms with Crippen molar-refractivity contribution in [2.45, 2.75) is 11.4 Å². The van der Waals surface area contributed by atoms with Crippen LogP contribution in [0, 0.1) is 0 Å². The number of rotatable bonds is 4. The lowest BCUT2D eigenvalue weighted by atomic mass is 10.4. The number of halogens is 2. The number of hydrogen-bond acceptors (Lipinski definition) is 3. The normalized spacial score (nSPS) is 11.7. The molecule has 18 heavy (non-hydrogen) atoms.